The van der Waals surface area contributed by atoms with Crippen molar-refractivity contribution in [1.29, 1.82) is 0 Å². The normalized spacial score (nSPS) is 10.4. The zero-order valence-corrected chi connectivity index (χ0v) is 11.4. The summed E-state index contributed by atoms with van der Waals surface area (Å²) < 4.78 is 5.69. The molecule has 0 radical (unpaired) electrons. The molecule has 0 aliphatic heterocycles. The molecule has 0 heterocycles. The largest absolute Gasteiger partial charge is 0.493 e. The number of rotatable bonds is 7. The molecular formula is C14H22N2O2. The molecule has 4 nitrogen and oxygen atoms in total. The second kappa shape index (κ2) is 7.71. The lowest BCUT2D eigenvalue weighted by atomic mass is 10.1. The maximum Gasteiger partial charge on any atom is 0.234 e. The van der Waals surface area contributed by atoms with Gasteiger partial charge in [0.2, 0.25) is 5.91 Å². The predicted molar refractivity (Wildman–Crippen MR) is 72.4 cm³/mol. The molecule has 0 fully saturated rings. The number of para-hydroxylation sites is 1. The van der Waals surface area contributed by atoms with Crippen molar-refractivity contribution in [3.63, 3.8) is 0 Å². The van der Waals surface area contributed by atoms with Crippen LogP contribution in [0.25, 0.3) is 0 Å². The van der Waals surface area contributed by atoms with Crippen LogP contribution in [0.2, 0.25) is 0 Å². The number of benzene rings is 1. The van der Waals surface area contributed by atoms with E-state index in [1.54, 1.807) is 19.1 Å². The van der Waals surface area contributed by atoms with E-state index in [1.807, 2.05) is 18.2 Å². The maximum absolute atomic E-state index is 11.4. The zero-order valence-electron chi connectivity index (χ0n) is 11.4. The van der Waals surface area contributed by atoms with Crippen LogP contribution in [-0.2, 0) is 11.2 Å². The number of hydrogen-bond acceptors (Lipinski definition) is 3. The van der Waals surface area contributed by atoms with Crippen molar-refractivity contribution >= 4 is 5.91 Å². The Balaban J connectivity index is 2.27. The third-order valence-electron chi connectivity index (χ3n) is 2.51. The number of carbonyl (C=O) groups is 1. The van der Waals surface area contributed by atoms with Gasteiger partial charge in [0, 0.05) is 20.5 Å². The molecule has 0 aliphatic carbocycles. The Kier molecular flexibility index (Phi) is 6.22. The molecular weight excluding hydrogens is 228 g/mol. The summed E-state index contributed by atoms with van der Waals surface area (Å²) in [6.07, 6.45) is 2.15. The Morgan fingerprint density at radius 2 is 2.06 bits per heavy atom. The van der Waals surface area contributed by atoms with Gasteiger partial charge in [0.25, 0.3) is 0 Å². The second-order valence-electron chi connectivity index (χ2n) is 4.34. The summed E-state index contributed by atoms with van der Waals surface area (Å²) in [4.78, 5) is 11.4. The highest BCUT2D eigenvalue weighted by Gasteiger charge is 2.03. The summed E-state index contributed by atoms with van der Waals surface area (Å²) in [6.45, 7) is 2.67. The molecule has 0 saturated heterocycles. The van der Waals surface area contributed by atoms with Crippen molar-refractivity contribution in [2.24, 2.45) is 0 Å². The lowest BCUT2D eigenvalue weighted by molar-refractivity contribution is -0.125. The molecule has 0 aromatic heterocycles. The zero-order chi connectivity index (χ0) is 13.4. The van der Waals surface area contributed by atoms with Crippen LogP contribution in [0.15, 0.2) is 24.3 Å². The number of hydrogen-bond donors (Lipinski definition) is 1. The van der Waals surface area contributed by atoms with E-state index in [0.29, 0.717) is 13.0 Å². The Hall–Kier alpha value is -1.55. The van der Waals surface area contributed by atoms with Crippen molar-refractivity contribution in [3.8, 4) is 5.75 Å². The van der Waals surface area contributed by atoms with E-state index in [0.717, 1.165) is 18.6 Å². The van der Waals surface area contributed by atoms with Crippen LogP contribution in [0.4, 0.5) is 0 Å². The predicted octanol–water partition coefficient (Wildman–Crippen LogP) is 2.00. The molecule has 1 aromatic carbocycles. The molecule has 1 N–H and O–H groups in total. The fourth-order valence-corrected chi connectivity index (χ4v) is 1.66. The number of aryl methyl sites for hydroxylation is 1. The van der Waals surface area contributed by atoms with Gasteiger partial charge in [-0.3, -0.25) is 10.2 Å². The summed E-state index contributed by atoms with van der Waals surface area (Å²) in [7, 11) is 3.60. The molecule has 0 bridgehead atoms. The average Bonchev–Trinajstić information content (AvgIpc) is 2.34. The third-order valence-corrected chi connectivity index (χ3v) is 2.51. The Bertz CT molecular complexity index is 378. The summed E-state index contributed by atoms with van der Waals surface area (Å²) in [5.74, 6) is 0.945. The van der Waals surface area contributed by atoms with Gasteiger partial charge in [-0.15, -0.1) is 0 Å². The fraction of sp³-hybridized carbons (Fsp3) is 0.500. The van der Waals surface area contributed by atoms with Crippen LogP contribution in [-0.4, -0.2) is 31.6 Å². The SMILES string of the molecule is CCc1ccccc1OCCCC(=O)NN(C)C. The van der Waals surface area contributed by atoms with Gasteiger partial charge in [-0.1, -0.05) is 25.1 Å². The van der Waals surface area contributed by atoms with Crippen molar-refractivity contribution in [1.82, 2.24) is 10.4 Å². The molecule has 0 aliphatic rings. The minimum Gasteiger partial charge on any atom is -0.493 e. The molecule has 0 saturated carbocycles. The lowest BCUT2D eigenvalue weighted by Crippen LogP contribution is -2.36. The first kappa shape index (κ1) is 14.5. The number of amides is 1. The Morgan fingerprint density at radius 3 is 2.72 bits per heavy atom. The van der Waals surface area contributed by atoms with Crippen LogP contribution in [0.5, 0.6) is 5.75 Å². The highest BCUT2D eigenvalue weighted by atomic mass is 16.5. The van der Waals surface area contributed by atoms with Crippen LogP contribution >= 0.6 is 0 Å². The molecule has 1 aromatic rings. The summed E-state index contributed by atoms with van der Waals surface area (Å²) >= 11 is 0. The van der Waals surface area contributed by atoms with E-state index in [2.05, 4.69) is 18.4 Å². The minimum absolute atomic E-state index is 0.0207. The van der Waals surface area contributed by atoms with Gasteiger partial charge in [-0.25, -0.2) is 5.01 Å². The number of nitrogens with zero attached hydrogens (tertiary/aromatic N) is 1. The molecule has 18 heavy (non-hydrogen) atoms. The summed E-state index contributed by atoms with van der Waals surface area (Å²) in [6, 6.07) is 8.01. The van der Waals surface area contributed by atoms with Crippen molar-refractivity contribution in [2.45, 2.75) is 26.2 Å². The smallest absolute Gasteiger partial charge is 0.234 e. The van der Waals surface area contributed by atoms with Gasteiger partial charge >= 0.3 is 0 Å². The Labute approximate surface area is 109 Å². The molecule has 0 atom stereocenters. The van der Waals surface area contributed by atoms with Crippen LogP contribution < -0.4 is 10.2 Å². The van der Waals surface area contributed by atoms with E-state index in [1.165, 1.54) is 5.56 Å². The first-order valence-electron chi connectivity index (χ1n) is 6.31. The molecule has 0 unspecified atom stereocenters. The van der Waals surface area contributed by atoms with Gasteiger partial charge in [0.1, 0.15) is 5.75 Å². The number of nitrogens with one attached hydrogen (secondary N) is 1. The fourth-order valence-electron chi connectivity index (χ4n) is 1.66. The van der Waals surface area contributed by atoms with Crippen LogP contribution in [0, 0.1) is 0 Å². The highest BCUT2D eigenvalue weighted by Crippen LogP contribution is 2.18. The van der Waals surface area contributed by atoms with E-state index >= 15 is 0 Å². The highest BCUT2D eigenvalue weighted by molar-refractivity contribution is 5.75. The monoisotopic (exact) mass is 250 g/mol. The van der Waals surface area contributed by atoms with Gasteiger partial charge < -0.3 is 4.74 Å². The quantitative estimate of drug-likeness (QED) is 0.594. The van der Waals surface area contributed by atoms with Gasteiger partial charge in [0.15, 0.2) is 0 Å². The molecule has 1 rings (SSSR count). The van der Waals surface area contributed by atoms with Crippen molar-refractivity contribution in [3.05, 3.63) is 29.8 Å². The topological polar surface area (TPSA) is 41.6 Å². The average molecular weight is 250 g/mol. The number of hydrazine groups is 1. The maximum atomic E-state index is 11.4. The molecule has 100 valence electrons. The first-order chi connectivity index (χ1) is 8.63. The van der Waals surface area contributed by atoms with Gasteiger partial charge in [0.05, 0.1) is 6.61 Å². The molecule has 4 heteroatoms. The summed E-state index contributed by atoms with van der Waals surface area (Å²) in [5, 5.41) is 1.65. The van der Waals surface area contributed by atoms with E-state index < -0.39 is 0 Å². The second-order valence-corrected chi connectivity index (χ2v) is 4.34. The molecule has 1 amide bonds. The molecule has 0 spiro atoms. The standard InChI is InChI=1S/C14H22N2O2/c1-4-12-8-5-6-9-13(12)18-11-7-10-14(17)15-16(2)3/h5-6,8-9H,4,7,10-11H2,1-3H3,(H,15,17). The van der Waals surface area contributed by atoms with Gasteiger partial charge in [-0.2, -0.15) is 0 Å². The number of ether oxygens (including phenoxy) is 1. The Morgan fingerprint density at radius 1 is 1.33 bits per heavy atom. The third kappa shape index (κ3) is 5.19. The lowest BCUT2D eigenvalue weighted by Gasteiger charge is -2.12. The first-order valence-corrected chi connectivity index (χ1v) is 6.31. The summed E-state index contributed by atoms with van der Waals surface area (Å²) in [5.41, 5.74) is 3.91. The van der Waals surface area contributed by atoms with Crippen LogP contribution in [0.1, 0.15) is 25.3 Å². The van der Waals surface area contributed by atoms with Gasteiger partial charge in [-0.05, 0) is 24.5 Å². The van der Waals surface area contributed by atoms with Crippen molar-refractivity contribution in [2.75, 3.05) is 20.7 Å². The van der Waals surface area contributed by atoms with Crippen molar-refractivity contribution < 1.29 is 9.53 Å². The van der Waals surface area contributed by atoms with E-state index in [9.17, 15) is 4.79 Å². The van der Waals surface area contributed by atoms with E-state index in [-0.39, 0.29) is 5.91 Å². The number of carbonyl (C=O) groups excluding carboxylic acids is 1. The minimum atomic E-state index is 0.0207. The van der Waals surface area contributed by atoms with E-state index in [4.69, 9.17) is 4.74 Å². The van der Waals surface area contributed by atoms with Crippen LogP contribution in [0.3, 0.4) is 0 Å².